The van der Waals surface area contributed by atoms with E-state index in [9.17, 15) is 4.79 Å². The van der Waals surface area contributed by atoms with Gasteiger partial charge in [-0.05, 0) is 103 Å². The van der Waals surface area contributed by atoms with Crippen molar-refractivity contribution >= 4 is 58.0 Å². The largest absolute Gasteiger partial charge is 0.515 e. The van der Waals surface area contributed by atoms with Gasteiger partial charge in [0, 0.05) is 183 Å². The minimum Gasteiger partial charge on any atom is -0.515 e. The van der Waals surface area contributed by atoms with Gasteiger partial charge in [-0.1, -0.05) is 138 Å². The van der Waals surface area contributed by atoms with Gasteiger partial charge >= 0.3 is 0 Å². The number of fused-ring (bicyclic) bond motifs is 3. The van der Waals surface area contributed by atoms with E-state index in [1.54, 1.807) is 0 Å². The first-order valence-corrected chi connectivity index (χ1v) is 21.2. The van der Waals surface area contributed by atoms with Crippen molar-refractivity contribution in [1.82, 2.24) is 0 Å². The van der Waals surface area contributed by atoms with Gasteiger partial charge in [0.05, 0.1) is 22.7 Å². The molecule has 8 rings (SSSR count). The Kier molecular flexibility index (Phi) is 22.9. The van der Waals surface area contributed by atoms with Crippen molar-refractivity contribution in [2.45, 2.75) is 103 Å². The smallest absolute Gasteiger partial charge is 0.147 e. The van der Waals surface area contributed by atoms with E-state index in [-0.39, 0.29) is 147 Å². The van der Waals surface area contributed by atoms with Crippen LogP contribution in [0.25, 0.3) is 0 Å². The van der Waals surface area contributed by atoms with Gasteiger partial charge in [0.15, 0.2) is 0 Å². The van der Waals surface area contributed by atoms with Gasteiger partial charge in [0.1, 0.15) is 17.7 Å². The molecule has 0 unspecified atom stereocenters. The molecule has 320 valence electrons. The van der Waals surface area contributed by atoms with Crippen LogP contribution in [0.3, 0.4) is 0 Å². The van der Waals surface area contributed by atoms with Crippen LogP contribution in [0.1, 0.15) is 104 Å². The minimum atomic E-state index is -0.0969. The van der Waals surface area contributed by atoms with E-state index in [0.717, 1.165) is 56.1 Å². The summed E-state index contributed by atoms with van der Waals surface area (Å²) in [6, 6.07) is 25.5. The Morgan fingerprint density at radius 3 is 1.67 bits per heavy atom. The van der Waals surface area contributed by atoms with Gasteiger partial charge < -0.3 is 19.2 Å². The second kappa shape index (κ2) is 24.6. The average Bonchev–Trinajstić information content (AvgIpc) is 3.64. The number of hydrogen-bond acceptors (Lipinski definition) is 3. The van der Waals surface area contributed by atoms with E-state index in [2.05, 4.69) is 176 Å². The summed E-state index contributed by atoms with van der Waals surface area (Å²) < 4.78 is 4.10. The molecule has 63 heavy (non-hydrogen) atoms. The van der Waals surface area contributed by atoms with Crippen LogP contribution in [-0.4, -0.2) is 32.0 Å². The molecule has 3 aliphatic heterocycles. The van der Waals surface area contributed by atoms with Crippen LogP contribution in [0.15, 0.2) is 141 Å². The second-order valence-corrected chi connectivity index (χ2v) is 18.2. The van der Waals surface area contributed by atoms with E-state index in [1.165, 1.54) is 62.0 Å². The summed E-state index contributed by atoms with van der Waals surface area (Å²) in [7, 11) is 12.7. The SMILES string of the molecule is O=CC1=C(Cl)/C(=C/O)CCC1.[CH2-]N1/C(=C/C=C2\CCCC(/C=C/C3=[N+]([CH2-])c4ccccc4C3(C)C)=C2Cl)C(C)(C)c2ccccc21.[CH2-][N+]1=C(C)C(C)(C)c2ccccc21.[Y].[Y].[Y].[Y]. The van der Waals surface area contributed by atoms with Gasteiger partial charge in [-0.2, -0.15) is 0 Å². The summed E-state index contributed by atoms with van der Waals surface area (Å²) in [6.07, 6.45) is 16.0. The number of para-hydroxylation sites is 3. The van der Waals surface area contributed by atoms with Crippen molar-refractivity contribution in [2.75, 3.05) is 4.90 Å². The van der Waals surface area contributed by atoms with Crippen molar-refractivity contribution in [1.29, 1.82) is 0 Å². The first-order chi connectivity index (χ1) is 28.0. The molecular weight excluding hydrogens is 1130 g/mol. The Balaban J connectivity index is 0.000000402. The summed E-state index contributed by atoms with van der Waals surface area (Å²) in [5.41, 5.74) is 14.9. The van der Waals surface area contributed by atoms with E-state index in [1.807, 2.05) is 4.58 Å². The van der Waals surface area contributed by atoms with E-state index >= 15 is 0 Å². The molecule has 3 heterocycles. The third-order valence-electron chi connectivity index (χ3n) is 12.9. The molecule has 0 bridgehead atoms. The standard InChI is InChI=1S/C32H34ClN2.C12H15N.C8H9ClO2.4Y/c1-31(2)24-14-7-9-16-26(24)34(5)28(31)20-18-22-12-11-13-23(30(22)33)19-21-29-32(3,4)25-15-8-10-17-27(25)35(29)6;1-9-12(2,3)10-7-5-6-8-11(10)13(9)4;9-8-6(4-10)2-1-3-7(8)5-11;;;;/h7-10,14-21H,5-6,11-13H2,1-4H3;5-8H,4H2,1-3H3;4-5,10H,1-3H2;;;;/q-1;;;;;;/b20-18+,23-19+,29-21+;;6-4+;;;;. The number of anilines is 1. The van der Waals surface area contributed by atoms with Gasteiger partial charge in [0.25, 0.3) is 0 Å². The molecule has 11 heteroatoms. The molecule has 5 nitrogen and oxygen atoms in total. The first kappa shape index (κ1) is 58.6. The van der Waals surface area contributed by atoms with Crippen LogP contribution < -0.4 is 4.90 Å². The van der Waals surface area contributed by atoms with Crippen LogP contribution >= 0.6 is 23.2 Å². The number of carbonyl (C=O) groups excluding carboxylic acids is 1. The van der Waals surface area contributed by atoms with Crippen LogP contribution in [0, 0.1) is 21.1 Å². The molecule has 5 aliphatic rings. The summed E-state index contributed by atoms with van der Waals surface area (Å²) >= 11 is 12.7. The van der Waals surface area contributed by atoms with Crippen molar-refractivity contribution in [3.63, 3.8) is 0 Å². The maximum Gasteiger partial charge on any atom is 0.147 e. The topological polar surface area (TPSA) is 46.6 Å². The number of nitrogens with zero attached hydrogens (tertiary/aromatic N) is 3. The van der Waals surface area contributed by atoms with Crippen molar-refractivity contribution in [3.8, 4) is 0 Å². The van der Waals surface area contributed by atoms with Crippen LogP contribution in [0.2, 0.25) is 0 Å². The number of hydrogen-bond donors (Lipinski definition) is 1. The number of carbonyl (C=O) groups is 1. The first-order valence-electron chi connectivity index (χ1n) is 20.5. The Bertz CT molecular complexity index is 2440. The van der Waals surface area contributed by atoms with E-state index < -0.39 is 0 Å². The average molecular weight is 1180 g/mol. The Labute approximate surface area is 488 Å². The zero-order valence-corrected chi connectivity index (χ0v) is 50.9. The molecule has 0 saturated carbocycles. The fourth-order valence-corrected chi connectivity index (χ4v) is 9.52. The summed E-state index contributed by atoms with van der Waals surface area (Å²) in [6.45, 7) is 15.7. The van der Waals surface area contributed by atoms with Crippen molar-refractivity contribution in [2.24, 2.45) is 0 Å². The quantitative estimate of drug-likeness (QED) is 0.123. The Hall–Kier alpha value is -0.554. The molecular formula is C52H58Cl2N3O2Y4-. The summed E-state index contributed by atoms with van der Waals surface area (Å²) in [5, 5.41) is 9.98. The maximum absolute atomic E-state index is 10.4. The summed E-state index contributed by atoms with van der Waals surface area (Å²) in [5.74, 6) is 0. The van der Waals surface area contributed by atoms with Crippen LogP contribution in [0.4, 0.5) is 17.1 Å². The molecule has 4 radical (unpaired) electrons. The van der Waals surface area contributed by atoms with E-state index in [4.69, 9.17) is 28.3 Å². The van der Waals surface area contributed by atoms with Crippen LogP contribution in [0.5, 0.6) is 0 Å². The maximum atomic E-state index is 10.4. The van der Waals surface area contributed by atoms with Gasteiger partial charge in [-0.15, -0.1) is 0 Å². The minimum absolute atomic E-state index is 0. The zero-order valence-electron chi connectivity index (χ0n) is 38.0. The van der Waals surface area contributed by atoms with Crippen molar-refractivity contribution < 1.29 is 150 Å². The predicted octanol–water partition coefficient (Wildman–Crippen LogP) is 13.7. The molecule has 0 saturated heterocycles. The second-order valence-electron chi connectivity index (χ2n) is 17.4. The summed E-state index contributed by atoms with van der Waals surface area (Å²) in [4.78, 5) is 12.4. The van der Waals surface area contributed by atoms with Crippen LogP contribution in [-0.2, 0) is 152 Å². The fraction of sp³-hybridized carbons (Fsp3) is 0.308. The molecule has 0 fully saturated rings. The Morgan fingerprint density at radius 2 is 1.13 bits per heavy atom. The molecule has 0 amide bonds. The molecule has 3 aromatic carbocycles. The Morgan fingerprint density at radius 1 is 0.635 bits per heavy atom. The number of benzene rings is 3. The van der Waals surface area contributed by atoms with E-state index in [0.29, 0.717) is 16.2 Å². The molecule has 3 aromatic rings. The molecule has 0 atom stereocenters. The molecule has 1 N–H and O–H groups in total. The number of halogens is 2. The van der Waals surface area contributed by atoms with Gasteiger partial charge in [-0.25, -0.2) is 0 Å². The fourth-order valence-electron chi connectivity index (χ4n) is 8.93. The third kappa shape index (κ3) is 12.0. The monoisotopic (exact) mass is 1180 g/mol. The third-order valence-corrected chi connectivity index (χ3v) is 13.8. The van der Waals surface area contributed by atoms with Gasteiger partial charge in [-0.3, -0.25) is 11.8 Å². The number of allylic oxidation sites excluding steroid dienone is 11. The normalized spacial score (nSPS) is 20.7. The number of aliphatic hydroxyl groups is 1. The van der Waals surface area contributed by atoms with Gasteiger partial charge in [0.2, 0.25) is 0 Å². The number of aliphatic hydroxyl groups excluding tert-OH is 1. The molecule has 2 aliphatic carbocycles. The number of rotatable bonds is 4. The predicted molar refractivity (Wildman–Crippen MR) is 248 cm³/mol. The molecule has 0 aromatic heterocycles. The van der Waals surface area contributed by atoms with Crippen molar-refractivity contribution in [3.05, 3.63) is 179 Å². The molecule has 0 spiro atoms. The number of aldehydes is 1. The zero-order chi connectivity index (χ0) is 42.9.